The number of oxime groups is 1. The lowest BCUT2D eigenvalue weighted by Gasteiger charge is -2.21. The first-order valence-electron chi connectivity index (χ1n) is 5.77. The molecule has 0 amide bonds. The fourth-order valence-electron chi connectivity index (χ4n) is 1.73. The van der Waals surface area contributed by atoms with Crippen molar-refractivity contribution in [2.24, 2.45) is 5.16 Å². The molecule has 1 aromatic heterocycles. The molecule has 0 spiro atoms. The molecule has 0 aliphatic carbocycles. The Labute approximate surface area is 115 Å². The zero-order chi connectivity index (χ0) is 13.9. The third-order valence-electron chi connectivity index (χ3n) is 2.86. The number of anilines is 1. The van der Waals surface area contributed by atoms with Gasteiger partial charge in [0.1, 0.15) is 11.4 Å². The number of hydrogen-bond acceptors (Lipinski definition) is 7. The van der Waals surface area contributed by atoms with E-state index in [1.165, 1.54) is 0 Å². The van der Waals surface area contributed by atoms with E-state index in [2.05, 4.69) is 14.9 Å². The van der Waals surface area contributed by atoms with Gasteiger partial charge in [0.2, 0.25) is 10.0 Å². The highest BCUT2D eigenvalue weighted by molar-refractivity contribution is 7.93. The summed E-state index contributed by atoms with van der Waals surface area (Å²) in [5, 5.41) is 13.1. The van der Waals surface area contributed by atoms with Crippen molar-refractivity contribution in [2.75, 3.05) is 17.9 Å². The summed E-state index contributed by atoms with van der Waals surface area (Å²) >= 11 is 1.16. The summed E-state index contributed by atoms with van der Waals surface area (Å²) in [4.78, 5) is 4.07. The van der Waals surface area contributed by atoms with Crippen LogP contribution in [0.25, 0.3) is 0 Å². The Bertz CT molecular complexity index is 561. The number of nitrogens with zero attached hydrogens (tertiary/aromatic N) is 2. The van der Waals surface area contributed by atoms with E-state index in [0.29, 0.717) is 37.5 Å². The molecule has 1 aliphatic heterocycles. The quantitative estimate of drug-likeness (QED) is 0.495. The smallest absolute Gasteiger partial charge is 0.237 e. The predicted octanol–water partition coefficient (Wildman–Crippen LogP) is 1.26. The van der Waals surface area contributed by atoms with Crippen molar-refractivity contribution < 1.29 is 18.4 Å². The van der Waals surface area contributed by atoms with E-state index in [9.17, 15) is 8.42 Å². The minimum Gasteiger partial charge on any atom is -0.411 e. The summed E-state index contributed by atoms with van der Waals surface area (Å²) in [7, 11) is -3.44. The molecule has 2 N–H and O–H groups in total. The molecule has 2 heterocycles. The second-order valence-electron chi connectivity index (χ2n) is 4.18. The lowest BCUT2D eigenvalue weighted by Crippen LogP contribution is -2.33. The standard InChI is InChI=1S/C10H15N3O4S2/c1-7(12-14)9-6-18-10(11-9)13-19(15,16)8-2-4-17-5-3-8/h6,8,14H,2-5H2,1H3,(H,11,13). The van der Waals surface area contributed by atoms with Crippen molar-refractivity contribution in [1.82, 2.24) is 4.98 Å². The van der Waals surface area contributed by atoms with Crippen molar-refractivity contribution in [3.8, 4) is 0 Å². The first kappa shape index (κ1) is 14.2. The summed E-state index contributed by atoms with van der Waals surface area (Å²) in [6.45, 7) is 2.52. The van der Waals surface area contributed by atoms with Crippen LogP contribution in [0.2, 0.25) is 0 Å². The molecule has 7 nitrogen and oxygen atoms in total. The van der Waals surface area contributed by atoms with Crippen LogP contribution >= 0.6 is 11.3 Å². The van der Waals surface area contributed by atoms with Gasteiger partial charge in [-0.3, -0.25) is 4.72 Å². The molecule has 0 bridgehead atoms. The van der Waals surface area contributed by atoms with Gasteiger partial charge in [-0.25, -0.2) is 13.4 Å². The summed E-state index contributed by atoms with van der Waals surface area (Å²) in [6, 6.07) is 0. The summed E-state index contributed by atoms with van der Waals surface area (Å²) in [6.07, 6.45) is 0.982. The van der Waals surface area contributed by atoms with Crippen LogP contribution in [0.4, 0.5) is 5.13 Å². The molecule has 2 rings (SSSR count). The molecular formula is C10H15N3O4S2. The number of nitrogens with one attached hydrogen (secondary N) is 1. The molecule has 1 saturated heterocycles. The maximum atomic E-state index is 12.1. The van der Waals surface area contributed by atoms with Crippen LogP contribution in [-0.4, -0.2) is 42.8 Å². The van der Waals surface area contributed by atoms with Gasteiger partial charge in [-0.15, -0.1) is 11.3 Å². The molecule has 0 aromatic carbocycles. The summed E-state index contributed by atoms with van der Waals surface area (Å²) < 4.78 is 31.9. The number of thiazole rings is 1. The maximum Gasteiger partial charge on any atom is 0.237 e. The largest absolute Gasteiger partial charge is 0.411 e. The number of rotatable bonds is 4. The normalized spacial score (nSPS) is 18.5. The highest BCUT2D eigenvalue weighted by atomic mass is 32.2. The van der Waals surface area contributed by atoms with E-state index >= 15 is 0 Å². The zero-order valence-corrected chi connectivity index (χ0v) is 12.0. The van der Waals surface area contributed by atoms with Gasteiger partial charge in [0, 0.05) is 18.6 Å². The Hall–Kier alpha value is -1.19. The van der Waals surface area contributed by atoms with Gasteiger partial charge in [0.25, 0.3) is 0 Å². The minimum atomic E-state index is -3.44. The van der Waals surface area contributed by atoms with Gasteiger partial charge < -0.3 is 9.94 Å². The van der Waals surface area contributed by atoms with Crippen LogP contribution in [0.5, 0.6) is 0 Å². The van der Waals surface area contributed by atoms with Crippen LogP contribution in [0, 0.1) is 0 Å². The van der Waals surface area contributed by atoms with Crippen LogP contribution < -0.4 is 4.72 Å². The average Bonchev–Trinajstić information content (AvgIpc) is 2.86. The Morgan fingerprint density at radius 2 is 2.26 bits per heavy atom. The molecule has 0 unspecified atom stereocenters. The van der Waals surface area contributed by atoms with Gasteiger partial charge in [0.05, 0.1) is 5.25 Å². The number of ether oxygens (including phenoxy) is 1. The lowest BCUT2D eigenvalue weighted by atomic mass is 10.2. The fourth-order valence-corrected chi connectivity index (χ4v) is 4.14. The number of aromatic nitrogens is 1. The molecule has 106 valence electrons. The van der Waals surface area contributed by atoms with E-state index < -0.39 is 15.3 Å². The Morgan fingerprint density at radius 3 is 2.89 bits per heavy atom. The third-order valence-corrected chi connectivity index (χ3v) is 5.58. The topological polar surface area (TPSA) is 101 Å². The number of hydrogen-bond donors (Lipinski definition) is 2. The van der Waals surface area contributed by atoms with E-state index in [-0.39, 0.29) is 5.13 Å². The zero-order valence-electron chi connectivity index (χ0n) is 10.4. The molecular weight excluding hydrogens is 290 g/mol. The van der Waals surface area contributed by atoms with Gasteiger partial charge in [-0.1, -0.05) is 5.16 Å². The predicted molar refractivity (Wildman–Crippen MR) is 72.5 cm³/mol. The molecule has 1 fully saturated rings. The molecule has 0 radical (unpaired) electrons. The molecule has 0 atom stereocenters. The summed E-state index contributed by atoms with van der Waals surface area (Å²) in [5.41, 5.74) is 0.796. The first-order valence-corrected chi connectivity index (χ1v) is 8.19. The van der Waals surface area contributed by atoms with Crippen molar-refractivity contribution in [3.05, 3.63) is 11.1 Å². The summed E-state index contributed by atoms with van der Waals surface area (Å²) in [5.74, 6) is 0. The van der Waals surface area contributed by atoms with Gasteiger partial charge >= 0.3 is 0 Å². The fraction of sp³-hybridized carbons (Fsp3) is 0.600. The van der Waals surface area contributed by atoms with E-state index in [1.807, 2.05) is 0 Å². The van der Waals surface area contributed by atoms with Gasteiger partial charge in [-0.05, 0) is 19.8 Å². The van der Waals surface area contributed by atoms with Crippen LogP contribution in [-0.2, 0) is 14.8 Å². The Morgan fingerprint density at radius 1 is 1.58 bits per heavy atom. The highest BCUT2D eigenvalue weighted by Crippen LogP contribution is 2.22. The second-order valence-corrected chi connectivity index (χ2v) is 7.00. The van der Waals surface area contributed by atoms with E-state index in [1.54, 1.807) is 12.3 Å². The van der Waals surface area contributed by atoms with Crippen molar-refractivity contribution in [2.45, 2.75) is 25.0 Å². The Balaban J connectivity index is 2.09. The lowest BCUT2D eigenvalue weighted by molar-refractivity contribution is 0.0984. The third kappa shape index (κ3) is 3.43. The van der Waals surface area contributed by atoms with Crippen molar-refractivity contribution in [3.63, 3.8) is 0 Å². The molecule has 9 heteroatoms. The highest BCUT2D eigenvalue weighted by Gasteiger charge is 2.28. The monoisotopic (exact) mass is 305 g/mol. The van der Waals surface area contributed by atoms with Gasteiger partial charge in [0.15, 0.2) is 5.13 Å². The SMILES string of the molecule is CC(=NO)c1csc(NS(=O)(=O)C2CCOCC2)n1. The van der Waals surface area contributed by atoms with E-state index in [0.717, 1.165) is 11.3 Å². The van der Waals surface area contributed by atoms with Crippen LogP contribution in [0.1, 0.15) is 25.5 Å². The van der Waals surface area contributed by atoms with Crippen molar-refractivity contribution >= 4 is 32.2 Å². The second kappa shape index (κ2) is 5.85. The van der Waals surface area contributed by atoms with Crippen LogP contribution in [0.15, 0.2) is 10.5 Å². The molecule has 1 aromatic rings. The maximum absolute atomic E-state index is 12.1. The molecule has 19 heavy (non-hydrogen) atoms. The Kier molecular flexibility index (Phi) is 4.38. The number of sulfonamides is 1. The average molecular weight is 305 g/mol. The van der Waals surface area contributed by atoms with Gasteiger partial charge in [-0.2, -0.15) is 0 Å². The van der Waals surface area contributed by atoms with Crippen molar-refractivity contribution in [1.29, 1.82) is 0 Å². The van der Waals surface area contributed by atoms with Crippen LogP contribution in [0.3, 0.4) is 0 Å². The minimum absolute atomic E-state index is 0.282. The molecule has 0 saturated carbocycles. The van der Waals surface area contributed by atoms with E-state index in [4.69, 9.17) is 9.94 Å². The molecule has 1 aliphatic rings. The first-order chi connectivity index (χ1) is 9.03.